The number of nitrogens with one attached hydrogen (secondary N) is 1. The van der Waals surface area contributed by atoms with Crippen molar-refractivity contribution in [2.45, 2.75) is 38.1 Å². The second kappa shape index (κ2) is 5.35. The summed E-state index contributed by atoms with van der Waals surface area (Å²) in [5, 5.41) is 9.53. The number of carboxylic acid groups (broad SMARTS) is 1. The third-order valence-corrected chi connectivity index (χ3v) is 5.48. The van der Waals surface area contributed by atoms with Crippen LogP contribution in [0.25, 0.3) is 0 Å². The zero-order chi connectivity index (χ0) is 15.8. The van der Waals surface area contributed by atoms with Crippen LogP contribution in [0.5, 0.6) is 0 Å². The Balaban J connectivity index is 3.17. The Bertz CT molecular complexity index is 623. The predicted molar refractivity (Wildman–Crippen MR) is 77.3 cm³/mol. The van der Waals surface area contributed by atoms with E-state index in [1.165, 1.54) is 45.9 Å². The van der Waals surface area contributed by atoms with Gasteiger partial charge in [0, 0.05) is 10.6 Å². The van der Waals surface area contributed by atoms with Gasteiger partial charge < -0.3 is 5.11 Å². The van der Waals surface area contributed by atoms with Crippen LogP contribution in [-0.4, -0.2) is 25.0 Å². The van der Waals surface area contributed by atoms with Crippen molar-refractivity contribution in [3.63, 3.8) is 0 Å². The minimum absolute atomic E-state index is 0.000682. The van der Waals surface area contributed by atoms with E-state index in [4.69, 9.17) is 11.6 Å². The Labute approximate surface area is 124 Å². The van der Waals surface area contributed by atoms with E-state index in [-0.39, 0.29) is 4.90 Å². The van der Waals surface area contributed by atoms with Crippen LogP contribution < -0.4 is 4.72 Å². The van der Waals surface area contributed by atoms with Gasteiger partial charge in [0.1, 0.15) is 0 Å². The van der Waals surface area contributed by atoms with Crippen molar-refractivity contribution in [3.8, 4) is 0 Å². The first-order chi connectivity index (χ1) is 8.90. The smallest absolute Gasteiger partial charge is 0.310 e. The molecule has 0 unspecified atom stereocenters. The number of carboxylic acids is 1. The maximum Gasteiger partial charge on any atom is 0.310 e. The van der Waals surface area contributed by atoms with Crippen molar-refractivity contribution in [2.24, 2.45) is 5.41 Å². The molecule has 0 saturated carbocycles. The Hall–Kier alpha value is -1.11. The van der Waals surface area contributed by atoms with Gasteiger partial charge in [-0.25, -0.2) is 13.1 Å². The van der Waals surface area contributed by atoms with Gasteiger partial charge in [-0.15, -0.1) is 0 Å². The summed E-state index contributed by atoms with van der Waals surface area (Å²) in [6, 6.07) is 5.80. The number of carbonyl (C=O) groups is 1. The Morgan fingerprint density at radius 3 is 2.25 bits per heavy atom. The molecule has 1 rings (SSSR count). The molecular weight excluding hydrogens is 302 g/mol. The maximum absolute atomic E-state index is 12.3. The second-order valence-electron chi connectivity index (χ2n) is 5.62. The summed E-state index contributed by atoms with van der Waals surface area (Å²) >= 11 is 5.78. The van der Waals surface area contributed by atoms with E-state index in [0.717, 1.165) is 0 Å². The minimum Gasteiger partial charge on any atom is -0.481 e. The lowest BCUT2D eigenvalue weighted by Crippen LogP contribution is -2.56. The van der Waals surface area contributed by atoms with Gasteiger partial charge in [0.2, 0.25) is 10.0 Å². The molecule has 7 heteroatoms. The van der Waals surface area contributed by atoms with Gasteiger partial charge in [-0.2, -0.15) is 0 Å². The van der Waals surface area contributed by atoms with Crippen LogP contribution in [0.4, 0.5) is 0 Å². The average Bonchev–Trinajstić information content (AvgIpc) is 2.27. The third kappa shape index (κ3) is 3.31. The molecule has 1 aromatic rings. The Morgan fingerprint density at radius 2 is 1.80 bits per heavy atom. The van der Waals surface area contributed by atoms with E-state index in [1.807, 2.05) is 0 Å². The Kier molecular flexibility index (Phi) is 4.53. The first-order valence-electron chi connectivity index (χ1n) is 5.93. The van der Waals surface area contributed by atoms with Gasteiger partial charge in [-0.05, 0) is 45.9 Å². The van der Waals surface area contributed by atoms with Gasteiger partial charge in [0.25, 0.3) is 0 Å². The summed E-state index contributed by atoms with van der Waals surface area (Å²) in [7, 11) is -3.85. The van der Waals surface area contributed by atoms with E-state index in [1.54, 1.807) is 6.07 Å². The van der Waals surface area contributed by atoms with E-state index in [2.05, 4.69) is 4.72 Å². The second-order valence-corrected chi connectivity index (χ2v) is 7.74. The topological polar surface area (TPSA) is 83.5 Å². The average molecular weight is 320 g/mol. The summed E-state index contributed by atoms with van der Waals surface area (Å²) in [5.74, 6) is -1.09. The normalized spacial score (nSPS) is 13.2. The van der Waals surface area contributed by atoms with E-state index < -0.39 is 26.9 Å². The molecule has 0 spiro atoms. The molecule has 0 aliphatic rings. The van der Waals surface area contributed by atoms with E-state index in [9.17, 15) is 18.3 Å². The highest BCUT2D eigenvalue weighted by Crippen LogP contribution is 2.32. The van der Waals surface area contributed by atoms with Crippen molar-refractivity contribution in [3.05, 3.63) is 29.3 Å². The first-order valence-corrected chi connectivity index (χ1v) is 7.79. The number of benzene rings is 1. The van der Waals surface area contributed by atoms with Gasteiger partial charge in [-0.3, -0.25) is 4.79 Å². The fraction of sp³-hybridized carbons (Fsp3) is 0.462. The van der Waals surface area contributed by atoms with Crippen molar-refractivity contribution in [1.29, 1.82) is 0 Å². The number of hydrogen-bond donors (Lipinski definition) is 2. The van der Waals surface area contributed by atoms with Gasteiger partial charge in [0.05, 0.1) is 10.3 Å². The van der Waals surface area contributed by atoms with Crippen LogP contribution >= 0.6 is 11.6 Å². The van der Waals surface area contributed by atoms with E-state index in [0.29, 0.717) is 5.02 Å². The van der Waals surface area contributed by atoms with Gasteiger partial charge >= 0.3 is 5.97 Å². The van der Waals surface area contributed by atoms with Crippen LogP contribution in [0.2, 0.25) is 5.02 Å². The molecule has 20 heavy (non-hydrogen) atoms. The summed E-state index contributed by atoms with van der Waals surface area (Å²) < 4.78 is 27.0. The molecule has 0 fully saturated rings. The lowest BCUT2D eigenvalue weighted by atomic mass is 9.75. The highest BCUT2D eigenvalue weighted by atomic mass is 35.5. The number of aliphatic carboxylic acids is 1. The lowest BCUT2D eigenvalue weighted by molar-refractivity contribution is -0.150. The molecule has 0 bridgehead atoms. The molecule has 0 aliphatic carbocycles. The molecule has 0 saturated heterocycles. The molecule has 0 atom stereocenters. The summed E-state index contributed by atoms with van der Waals surface area (Å²) in [5.41, 5.74) is -2.46. The fourth-order valence-corrected chi connectivity index (χ4v) is 3.26. The highest BCUT2D eigenvalue weighted by molar-refractivity contribution is 7.89. The minimum atomic E-state index is -3.85. The molecule has 0 aromatic heterocycles. The number of hydrogen-bond acceptors (Lipinski definition) is 3. The molecule has 5 nitrogen and oxygen atoms in total. The van der Waals surface area contributed by atoms with Crippen LogP contribution in [0.1, 0.15) is 27.7 Å². The molecule has 0 aliphatic heterocycles. The van der Waals surface area contributed by atoms with Crippen LogP contribution in [0.15, 0.2) is 29.2 Å². The molecule has 112 valence electrons. The zero-order valence-corrected chi connectivity index (χ0v) is 13.3. The predicted octanol–water partition coefficient (Wildman–Crippen LogP) is 2.51. The largest absolute Gasteiger partial charge is 0.481 e. The molecule has 0 heterocycles. The summed E-state index contributed by atoms with van der Waals surface area (Å²) in [6.07, 6.45) is 0. The first kappa shape index (κ1) is 16.9. The maximum atomic E-state index is 12.3. The van der Waals surface area contributed by atoms with Gasteiger partial charge in [-0.1, -0.05) is 17.7 Å². The fourth-order valence-electron chi connectivity index (χ4n) is 1.42. The quantitative estimate of drug-likeness (QED) is 0.873. The zero-order valence-electron chi connectivity index (χ0n) is 11.8. The number of halogens is 1. The molecule has 0 amide bonds. The molecule has 0 radical (unpaired) electrons. The summed E-state index contributed by atoms with van der Waals surface area (Å²) in [6.45, 7) is 6.00. The molecule has 1 aromatic carbocycles. The van der Waals surface area contributed by atoms with Crippen LogP contribution in [-0.2, 0) is 14.8 Å². The van der Waals surface area contributed by atoms with Crippen LogP contribution in [0, 0.1) is 5.41 Å². The molecule has 2 N–H and O–H groups in total. The monoisotopic (exact) mass is 319 g/mol. The Morgan fingerprint density at radius 1 is 1.25 bits per heavy atom. The lowest BCUT2D eigenvalue weighted by Gasteiger charge is -2.38. The summed E-state index contributed by atoms with van der Waals surface area (Å²) in [4.78, 5) is 11.3. The SMILES string of the molecule is CC(C)(NS(=O)(=O)c1cccc(Cl)c1)C(C)(C)C(=O)O. The van der Waals surface area contributed by atoms with Gasteiger partial charge in [0.15, 0.2) is 0 Å². The standard InChI is InChI=1S/C13H18ClNO4S/c1-12(2,11(16)17)13(3,4)15-20(18,19)10-7-5-6-9(14)8-10/h5-8,15H,1-4H3,(H,16,17). The molecular formula is C13H18ClNO4S. The highest BCUT2D eigenvalue weighted by Gasteiger charge is 2.45. The van der Waals surface area contributed by atoms with Crippen molar-refractivity contribution in [2.75, 3.05) is 0 Å². The van der Waals surface area contributed by atoms with Crippen LogP contribution in [0.3, 0.4) is 0 Å². The number of sulfonamides is 1. The van der Waals surface area contributed by atoms with Crippen molar-refractivity contribution >= 4 is 27.6 Å². The number of rotatable bonds is 5. The van der Waals surface area contributed by atoms with Crippen molar-refractivity contribution < 1.29 is 18.3 Å². The van der Waals surface area contributed by atoms with E-state index >= 15 is 0 Å². The third-order valence-electron chi connectivity index (χ3n) is 3.59. The van der Waals surface area contributed by atoms with Crippen molar-refractivity contribution in [1.82, 2.24) is 4.72 Å².